The highest BCUT2D eigenvalue weighted by Gasteiger charge is 2.27. The molecular weight excluding hydrogens is 292 g/mol. The Bertz CT molecular complexity index is 516. The van der Waals surface area contributed by atoms with Gasteiger partial charge in [0.25, 0.3) is 0 Å². The summed E-state index contributed by atoms with van der Waals surface area (Å²) >= 11 is 1.92. The van der Waals surface area contributed by atoms with E-state index in [0.29, 0.717) is 18.5 Å². The Kier molecular flexibility index (Phi) is 6.33. The highest BCUT2D eigenvalue weighted by molar-refractivity contribution is 7.99. The summed E-state index contributed by atoms with van der Waals surface area (Å²) in [6, 6.07) is 7.37. The first-order valence-corrected chi connectivity index (χ1v) is 9.35. The largest absolute Gasteiger partial charge is 0.326 e. The first kappa shape index (κ1) is 17.4. The van der Waals surface area contributed by atoms with E-state index in [0.717, 1.165) is 24.4 Å². The maximum Gasteiger partial charge on any atom is 0.224 e. The van der Waals surface area contributed by atoms with E-state index in [-0.39, 0.29) is 5.91 Å². The van der Waals surface area contributed by atoms with Gasteiger partial charge in [-0.25, -0.2) is 0 Å². The molecule has 0 aliphatic carbocycles. The summed E-state index contributed by atoms with van der Waals surface area (Å²) in [5.74, 6) is 1.23. The Morgan fingerprint density at radius 2 is 2.18 bits per heavy atom. The number of fused-ring (bicyclic) bond motifs is 1. The lowest BCUT2D eigenvalue weighted by Gasteiger charge is -2.38. The molecule has 0 saturated carbocycles. The number of nitrogens with zero attached hydrogens (tertiary/aromatic N) is 1. The van der Waals surface area contributed by atoms with Gasteiger partial charge >= 0.3 is 0 Å². The van der Waals surface area contributed by atoms with Gasteiger partial charge in [0, 0.05) is 34.8 Å². The van der Waals surface area contributed by atoms with Crippen LogP contribution in [-0.4, -0.2) is 35.2 Å². The van der Waals surface area contributed by atoms with Gasteiger partial charge in [-0.2, -0.15) is 0 Å². The SMILES string of the molecule is CCCN(C(C)C)C1CSc2cccc(NC(=O)CC)c2C1. The smallest absolute Gasteiger partial charge is 0.224 e. The van der Waals surface area contributed by atoms with E-state index in [1.807, 2.05) is 30.8 Å². The van der Waals surface area contributed by atoms with Gasteiger partial charge in [0.1, 0.15) is 0 Å². The average Bonchev–Trinajstić information content (AvgIpc) is 2.52. The van der Waals surface area contributed by atoms with Crippen LogP contribution in [0.25, 0.3) is 0 Å². The topological polar surface area (TPSA) is 32.3 Å². The lowest BCUT2D eigenvalue weighted by Crippen LogP contribution is -2.45. The molecule has 22 heavy (non-hydrogen) atoms. The molecule has 0 saturated heterocycles. The number of thioether (sulfide) groups is 1. The third-order valence-electron chi connectivity index (χ3n) is 4.21. The lowest BCUT2D eigenvalue weighted by molar-refractivity contribution is -0.115. The summed E-state index contributed by atoms with van der Waals surface area (Å²) < 4.78 is 0. The summed E-state index contributed by atoms with van der Waals surface area (Å²) in [5.41, 5.74) is 2.31. The van der Waals surface area contributed by atoms with Gasteiger partial charge in [-0.05, 0) is 50.9 Å². The van der Waals surface area contributed by atoms with Crippen LogP contribution in [0.5, 0.6) is 0 Å². The van der Waals surface area contributed by atoms with Crippen molar-refractivity contribution >= 4 is 23.4 Å². The first-order chi connectivity index (χ1) is 10.6. The lowest BCUT2D eigenvalue weighted by atomic mass is 10.0. The molecule has 1 heterocycles. The number of nitrogens with one attached hydrogen (secondary N) is 1. The number of carbonyl (C=O) groups is 1. The molecule has 4 heteroatoms. The van der Waals surface area contributed by atoms with Crippen molar-refractivity contribution in [3.63, 3.8) is 0 Å². The van der Waals surface area contributed by atoms with Crippen LogP contribution in [-0.2, 0) is 11.2 Å². The van der Waals surface area contributed by atoms with Gasteiger partial charge < -0.3 is 5.32 Å². The fourth-order valence-corrected chi connectivity index (χ4v) is 4.30. The molecule has 3 nitrogen and oxygen atoms in total. The number of benzene rings is 1. The maximum atomic E-state index is 11.8. The molecule has 0 aromatic heterocycles. The molecule has 1 aromatic carbocycles. The molecule has 1 amide bonds. The van der Waals surface area contributed by atoms with Gasteiger partial charge in [0.15, 0.2) is 0 Å². The van der Waals surface area contributed by atoms with E-state index in [1.165, 1.54) is 16.9 Å². The van der Waals surface area contributed by atoms with Crippen LogP contribution >= 0.6 is 11.8 Å². The van der Waals surface area contributed by atoms with Crippen molar-refractivity contribution in [3.05, 3.63) is 23.8 Å². The van der Waals surface area contributed by atoms with Gasteiger partial charge in [0.05, 0.1) is 0 Å². The summed E-state index contributed by atoms with van der Waals surface area (Å²) in [6.45, 7) is 9.83. The van der Waals surface area contributed by atoms with Crippen molar-refractivity contribution < 1.29 is 4.79 Å². The van der Waals surface area contributed by atoms with Crippen molar-refractivity contribution in [2.45, 2.75) is 63.9 Å². The van der Waals surface area contributed by atoms with Crippen LogP contribution in [0.3, 0.4) is 0 Å². The van der Waals surface area contributed by atoms with Crippen LogP contribution in [0.1, 0.15) is 46.1 Å². The highest BCUT2D eigenvalue weighted by Crippen LogP contribution is 2.36. The molecule has 1 aliphatic rings. The maximum absolute atomic E-state index is 11.8. The first-order valence-electron chi connectivity index (χ1n) is 8.37. The Balaban J connectivity index is 2.22. The van der Waals surface area contributed by atoms with Crippen molar-refractivity contribution in [2.24, 2.45) is 0 Å². The number of rotatable bonds is 6. The van der Waals surface area contributed by atoms with Crippen LogP contribution in [0.2, 0.25) is 0 Å². The number of carbonyl (C=O) groups excluding carboxylic acids is 1. The minimum atomic E-state index is 0.0924. The third-order valence-corrected chi connectivity index (χ3v) is 5.46. The number of hydrogen-bond donors (Lipinski definition) is 1. The molecule has 1 aliphatic heterocycles. The second kappa shape index (κ2) is 8.02. The van der Waals surface area contributed by atoms with Gasteiger partial charge in [0.2, 0.25) is 5.91 Å². The minimum Gasteiger partial charge on any atom is -0.326 e. The van der Waals surface area contributed by atoms with E-state index in [4.69, 9.17) is 0 Å². The Morgan fingerprint density at radius 1 is 1.41 bits per heavy atom. The van der Waals surface area contributed by atoms with E-state index in [1.54, 1.807) is 0 Å². The predicted octanol–water partition coefficient (Wildman–Crippen LogP) is 4.17. The number of hydrogen-bond acceptors (Lipinski definition) is 3. The summed E-state index contributed by atoms with van der Waals surface area (Å²) in [5, 5.41) is 3.07. The average molecular weight is 321 g/mol. The van der Waals surface area contributed by atoms with Crippen LogP contribution in [0.15, 0.2) is 23.1 Å². The second-order valence-electron chi connectivity index (χ2n) is 6.18. The molecule has 1 unspecified atom stereocenters. The fraction of sp³-hybridized carbons (Fsp3) is 0.611. The van der Waals surface area contributed by atoms with Gasteiger partial charge in [-0.1, -0.05) is 19.9 Å². The molecule has 2 rings (SSSR count). The standard InChI is InChI=1S/C18H28N2OS/c1-5-10-20(13(3)4)14-11-15-16(19-18(21)6-2)8-7-9-17(15)22-12-14/h7-9,13-14H,5-6,10-12H2,1-4H3,(H,19,21). The molecule has 122 valence electrons. The van der Waals surface area contributed by atoms with Crippen molar-refractivity contribution in [3.8, 4) is 0 Å². The highest BCUT2D eigenvalue weighted by atomic mass is 32.2. The zero-order chi connectivity index (χ0) is 16.1. The zero-order valence-electron chi connectivity index (χ0n) is 14.2. The number of amides is 1. The van der Waals surface area contributed by atoms with Gasteiger partial charge in [-0.15, -0.1) is 11.8 Å². The van der Waals surface area contributed by atoms with E-state index < -0.39 is 0 Å². The molecule has 1 atom stereocenters. The molecule has 0 fully saturated rings. The normalized spacial score (nSPS) is 17.6. The molecule has 1 aromatic rings. The zero-order valence-corrected chi connectivity index (χ0v) is 15.0. The van der Waals surface area contributed by atoms with Crippen molar-refractivity contribution in [1.29, 1.82) is 0 Å². The fourth-order valence-electron chi connectivity index (χ4n) is 3.08. The minimum absolute atomic E-state index is 0.0924. The Morgan fingerprint density at radius 3 is 2.82 bits per heavy atom. The van der Waals surface area contributed by atoms with Crippen LogP contribution in [0, 0.1) is 0 Å². The number of anilines is 1. The van der Waals surface area contributed by atoms with E-state index >= 15 is 0 Å². The predicted molar refractivity (Wildman–Crippen MR) is 95.7 cm³/mol. The second-order valence-corrected chi connectivity index (χ2v) is 7.25. The summed E-state index contributed by atoms with van der Waals surface area (Å²) in [6.07, 6.45) is 2.73. The quantitative estimate of drug-likeness (QED) is 0.853. The summed E-state index contributed by atoms with van der Waals surface area (Å²) in [4.78, 5) is 15.7. The van der Waals surface area contributed by atoms with E-state index in [9.17, 15) is 4.79 Å². The van der Waals surface area contributed by atoms with Crippen molar-refractivity contribution in [2.75, 3.05) is 17.6 Å². The molecule has 0 bridgehead atoms. The van der Waals surface area contributed by atoms with Crippen molar-refractivity contribution in [1.82, 2.24) is 4.90 Å². The van der Waals surface area contributed by atoms with Gasteiger partial charge in [-0.3, -0.25) is 9.69 Å². The molecule has 1 N–H and O–H groups in total. The molecular formula is C18H28N2OS. The monoisotopic (exact) mass is 320 g/mol. The van der Waals surface area contributed by atoms with Crippen LogP contribution in [0.4, 0.5) is 5.69 Å². The Hall–Kier alpha value is -1.00. The molecule has 0 spiro atoms. The third kappa shape index (κ3) is 4.05. The molecule has 0 radical (unpaired) electrons. The Labute approximate surface area is 138 Å². The summed E-state index contributed by atoms with van der Waals surface area (Å²) in [7, 11) is 0. The van der Waals surface area contributed by atoms with Crippen LogP contribution < -0.4 is 5.32 Å². The van der Waals surface area contributed by atoms with E-state index in [2.05, 4.69) is 37.1 Å².